The van der Waals surface area contributed by atoms with E-state index in [1.54, 1.807) is 0 Å². The minimum atomic E-state index is -0.990. The number of benzene rings is 1. The third-order valence-electron chi connectivity index (χ3n) is 5.23. The van der Waals surface area contributed by atoms with Crippen LogP contribution in [0.4, 0.5) is 19.3 Å². The highest BCUT2D eigenvalue weighted by Crippen LogP contribution is 2.34. The Kier molecular flexibility index (Phi) is 4.58. The number of imide groups is 1. The van der Waals surface area contributed by atoms with Gasteiger partial charge in [0, 0.05) is 12.5 Å². The number of carbonyl (C=O) groups is 2. The van der Waals surface area contributed by atoms with Crippen molar-refractivity contribution in [3.63, 3.8) is 0 Å². The van der Waals surface area contributed by atoms with Gasteiger partial charge in [0.1, 0.15) is 17.7 Å². The van der Waals surface area contributed by atoms with Gasteiger partial charge in [-0.15, -0.1) is 0 Å². The summed E-state index contributed by atoms with van der Waals surface area (Å²) in [6.07, 6.45) is 4.06. The van der Waals surface area contributed by atoms with Gasteiger partial charge >= 0.3 is 6.03 Å². The van der Waals surface area contributed by atoms with E-state index in [2.05, 4.69) is 15.5 Å². The van der Waals surface area contributed by atoms with Gasteiger partial charge in [-0.3, -0.25) is 4.79 Å². The van der Waals surface area contributed by atoms with E-state index in [1.807, 2.05) is 0 Å². The zero-order chi connectivity index (χ0) is 19.9. The number of anilines is 1. The number of amides is 3. The van der Waals surface area contributed by atoms with Gasteiger partial charge in [-0.05, 0) is 31.4 Å². The van der Waals surface area contributed by atoms with E-state index in [0.717, 1.165) is 37.8 Å². The Morgan fingerprint density at radius 2 is 2.04 bits per heavy atom. The molecule has 10 heteroatoms. The van der Waals surface area contributed by atoms with Crippen LogP contribution in [0.2, 0.25) is 0 Å². The first-order valence-corrected chi connectivity index (χ1v) is 9.09. The number of aryl methyl sites for hydroxylation is 1. The van der Waals surface area contributed by atoms with E-state index in [1.165, 1.54) is 0 Å². The highest BCUT2D eigenvalue weighted by Gasteiger charge is 2.40. The first-order valence-electron chi connectivity index (χ1n) is 9.09. The van der Waals surface area contributed by atoms with Crippen LogP contribution < -0.4 is 16.0 Å². The number of hydrogen-bond donors (Lipinski definition) is 2. The third kappa shape index (κ3) is 3.24. The highest BCUT2D eigenvalue weighted by molar-refractivity contribution is 6.21. The molecular weight excluding hydrogens is 372 g/mol. The molecule has 0 radical (unpaired) electrons. The fourth-order valence-electron chi connectivity index (χ4n) is 3.67. The van der Waals surface area contributed by atoms with Gasteiger partial charge in [0.2, 0.25) is 5.89 Å². The molecule has 2 aromatic rings. The highest BCUT2D eigenvalue weighted by atomic mass is 19.1. The molecule has 1 aromatic carbocycles. The zero-order valence-electron chi connectivity index (χ0n) is 15.0. The number of carbonyl (C=O) groups excluding carboxylic acids is 2. The molecule has 28 heavy (non-hydrogen) atoms. The van der Waals surface area contributed by atoms with Crippen molar-refractivity contribution in [2.24, 2.45) is 5.73 Å². The second kappa shape index (κ2) is 6.93. The quantitative estimate of drug-likeness (QED) is 0.755. The van der Waals surface area contributed by atoms with Crippen LogP contribution in [0.25, 0.3) is 0 Å². The second-order valence-electron chi connectivity index (χ2n) is 7.19. The van der Waals surface area contributed by atoms with Crippen molar-refractivity contribution in [1.82, 2.24) is 15.5 Å². The summed E-state index contributed by atoms with van der Waals surface area (Å²) in [4.78, 5) is 29.7. The molecule has 2 aliphatic rings. The number of rotatable bonds is 5. The Morgan fingerprint density at radius 1 is 1.29 bits per heavy atom. The largest absolute Gasteiger partial charge is 0.339 e. The van der Waals surface area contributed by atoms with Gasteiger partial charge in [-0.2, -0.15) is 4.98 Å². The van der Waals surface area contributed by atoms with Crippen LogP contribution in [0.15, 0.2) is 22.7 Å². The van der Waals surface area contributed by atoms with Crippen molar-refractivity contribution >= 4 is 17.6 Å². The Hall–Kier alpha value is -2.88. The molecule has 1 aliphatic heterocycles. The fraction of sp³-hybridized carbons (Fsp3) is 0.444. The Balaban J connectivity index is 1.43. The predicted octanol–water partition coefficient (Wildman–Crippen LogP) is 2.13. The van der Waals surface area contributed by atoms with Crippen LogP contribution in [0.1, 0.15) is 43.8 Å². The molecule has 4 rings (SSSR count). The van der Waals surface area contributed by atoms with Crippen molar-refractivity contribution < 1.29 is 22.9 Å². The molecule has 1 atom stereocenters. The van der Waals surface area contributed by atoms with E-state index in [4.69, 9.17) is 10.3 Å². The molecule has 0 spiro atoms. The van der Waals surface area contributed by atoms with Crippen molar-refractivity contribution in [2.45, 2.75) is 50.1 Å². The lowest BCUT2D eigenvalue weighted by atomic mass is 9.99. The van der Waals surface area contributed by atoms with Gasteiger partial charge in [0.15, 0.2) is 5.82 Å². The SMILES string of the molecule is NC1(c2noc(CCC3NC(=O)N(c4ccc(F)cc4F)C3=O)n2)CCCC1. The van der Waals surface area contributed by atoms with E-state index in [0.29, 0.717) is 22.7 Å². The van der Waals surface area contributed by atoms with Crippen molar-refractivity contribution in [3.8, 4) is 0 Å². The van der Waals surface area contributed by atoms with E-state index in [-0.39, 0.29) is 18.5 Å². The molecule has 1 saturated heterocycles. The number of halogens is 2. The number of aromatic nitrogens is 2. The topological polar surface area (TPSA) is 114 Å². The van der Waals surface area contributed by atoms with Gasteiger partial charge in [0.05, 0.1) is 11.2 Å². The lowest BCUT2D eigenvalue weighted by Gasteiger charge is -2.17. The first kappa shape index (κ1) is 18.5. The average molecular weight is 391 g/mol. The summed E-state index contributed by atoms with van der Waals surface area (Å²) in [6, 6.07) is 1.02. The molecule has 1 aromatic heterocycles. The van der Waals surface area contributed by atoms with Crippen LogP contribution >= 0.6 is 0 Å². The summed E-state index contributed by atoms with van der Waals surface area (Å²) in [5.74, 6) is -1.63. The van der Waals surface area contributed by atoms with Crippen molar-refractivity contribution in [3.05, 3.63) is 41.5 Å². The molecule has 1 saturated carbocycles. The van der Waals surface area contributed by atoms with Gasteiger partial charge in [-0.25, -0.2) is 18.5 Å². The number of nitrogens with zero attached hydrogens (tertiary/aromatic N) is 3. The predicted molar refractivity (Wildman–Crippen MR) is 93.1 cm³/mol. The fourth-order valence-corrected chi connectivity index (χ4v) is 3.67. The number of nitrogens with two attached hydrogens (primary N) is 1. The molecule has 148 valence electrons. The normalized spacial score (nSPS) is 21.4. The molecule has 3 N–H and O–H groups in total. The minimum absolute atomic E-state index is 0.198. The Bertz CT molecular complexity index is 926. The lowest BCUT2D eigenvalue weighted by Crippen LogP contribution is -2.34. The first-order chi connectivity index (χ1) is 13.4. The summed E-state index contributed by atoms with van der Waals surface area (Å²) >= 11 is 0. The summed E-state index contributed by atoms with van der Waals surface area (Å²) in [6.45, 7) is 0. The summed E-state index contributed by atoms with van der Waals surface area (Å²) < 4.78 is 32.3. The van der Waals surface area contributed by atoms with Gasteiger partial charge in [0.25, 0.3) is 5.91 Å². The van der Waals surface area contributed by atoms with Crippen LogP contribution in [0, 0.1) is 11.6 Å². The van der Waals surface area contributed by atoms with E-state index in [9.17, 15) is 18.4 Å². The lowest BCUT2D eigenvalue weighted by molar-refractivity contribution is -0.118. The molecule has 1 unspecified atom stereocenters. The maximum absolute atomic E-state index is 14.0. The van der Waals surface area contributed by atoms with Crippen LogP contribution in [0.5, 0.6) is 0 Å². The molecule has 1 aliphatic carbocycles. The maximum atomic E-state index is 14.0. The zero-order valence-corrected chi connectivity index (χ0v) is 15.0. The van der Waals surface area contributed by atoms with Gasteiger partial charge in [-0.1, -0.05) is 18.0 Å². The number of urea groups is 1. The van der Waals surface area contributed by atoms with Crippen molar-refractivity contribution in [2.75, 3.05) is 4.90 Å². The monoisotopic (exact) mass is 391 g/mol. The van der Waals surface area contributed by atoms with Crippen LogP contribution in [-0.2, 0) is 16.8 Å². The molecule has 2 fully saturated rings. The Labute approximate surface area is 159 Å². The standard InChI is InChI=1S/C18H19F2N5O3/c19-10-3-5-13(11(20)9-10)25-15(26)12(22-17(25)27)4-6-14-23-16(24-28-14)18(21)7-1-2-8-18/h3,5,9,12H,1-2,4,6-8,21H2,(H,22,27). The second-order valence-corrected chi connectivity index (χ2v) is 7.19. The molecule has 3 amide bonds. The maximum Gasteiger partial charge on any atom is 0.329 e. The minimum Gasteiger partial charge on any atom is -0.339 e. The van der Waals surface area contributed by atoms with Crippen LogP contribution in [0.3, 0.4) is 0 Å². The summed E-state index contributed by atoms with van der Waals surface area (Å²) in [5.41, 5.74) is 5.43. The van der Waals surface area contributed by atoms with E-state index >= 15 is 0 Å². The smallest absolute Gasteiger partial charge is 0.329 e. The third-order valence-corrected chi connectivity index (χ3v) is 5.23. The Morgan fingerprint density at radius 3 is 2.75 bits per heavy atom. The number of hydrogen-bond acceptors (Lipinski definition) is 6. The summed E-state index contributed by atoms with van der Waals surface area (Å²) in [5, 5.41) is 6.45. The number of nitrogens with one attached hydrogen (secondary N) is 1. The molecule has 2 heterocycles. The summed E-state index contributed by atoms with van der Waals surface area (Å²) in [7, 11) is 0. The van der Waals surface area contributed by atoms with Gasteiger partial charge < -0.3 is 15.6 Å². The molecular formula is C18H19F2N5O3. The van der Waals surface area contributed by atoms with E-state index < -0.39 is 35.2 Å². The van der Waals surface area contributed by atoms with Crippen molar-refractivity contribution in [1.29, 1.82) is 0 Å². The van der Waals surface area contributed by atoms with Crippen LogP contribution in [-0.4, -0.2) is 28.1 Å². The molecule has 8 nitrogen and oxygen atoms in total. The molecule has 0 bridgehead atoms. The average Bonchev–Trinajstić information content (AvgIpc) is 3.35.